The first-order chi connectivity index (χ1) is 41.7. The molecule has 0 radical (unpaired) electrons. The number of aliphatic hydroxyl groups is 1. The van der Waals surface area contributed by atoms with Gasteiger partial charge < -0.3 is 25.2 Å². The summed E-state index contributed by atoms with van der Waals surface area (Å²) in [6, 6.07) is 78.8. The number of thioether (sulfide) groups is 1. The van der Waals surface area contributed by atoms with Crippen LogP contribution in [0.4, 0.5) is 4.79 Å². The third kappa shape index (κ3) is 11.5. The molecule has 14 nitrogen and oxygen atoms in total. The molecule has 5 unspecified atom stereocenters. The van der Waals surface area contributed by atoms with Crippen molar-refractivity contribution in [2.75, 3.05) is 18.9 Å². The lowest BCUT2D eigenvalue weighted by Crippen LogP contribution is -2.62. The zero-order chi connectivity index (χ0) is 58.2. The number of carbonyl (C=O) groups is 4. The number of esters is 1. The lowest BCUT2D eigenvalue weighted by atomic mass is 9.77. The van der Waals surface area contributed by atoms with Gasteiger partial charge in [0.15, 0.2) is 16.9 Å². The molecule has 2 fully saturated rings. The Morgan fingerprint density at radius 1 is 0.659 bits per heavy atom. The molecule has 8 aromatic rings. The number of nitrogens with one attached hydrogen (secondary N) is 2. The molecule has 3 amide bonds. The first kappa shape index (κ1) is 56.3. The largest absolute Gasteiger partial charge is 0.448 e. The first-order valence-corrected chi connectivity index (χ1v) is 30.4. The number of amidine groups is 1. The van der Waals surface area contributed by atoms with Crippen LogP contribution in [0.5, 0.6) is 0 Å². The van der Waals surface area contributed by atoms with E-state index in [9.17, 15) is 24.3 Å². The smallest absolute Gasteiger partial charge is 0.411 e. The molecular weight excluding hydrogens is 1100 g/mol. The minimum Gasteiger partial charge on any atom is -0.448 e. The summed E-state index contributed by atoms with van der Waals surface area (Å²) in [5.41, 5.74) is 5.01. The van der Waals surface area contributed by atoms with Gasteiger partial charge in [0.25, 0.3) is 0 Å². The van der Waals surface area contributed by atoms with E-state index in [2.05, 4.69) is 47.0 Å². The number of carbonyl (C=O) groups excluding carboxylic acids is 4. The Balaban J connectivity index is 0.803. The second kappa shape index (κ2) is 25.3. The van der Waals surface area contributed by atoms with Crippen LogP contribution in [0.25, 0.3) is 0 Å². The van der Waals surface area contributed by atoms with E-state index in [-0.39, 0.29) is 37.6 Å². The number of likely N-dealkylation sites (tertiary alicyclic amines) is 1. The molecule has 4 aliphatic heterocycles. The molecule has 426 valence electrons. The molecule has 0 spiro atoms. The number of hydrogen-bond acceptors (Lipinski definition) is 11. The number of aliphatic hydroxyl groups excluding tert-OH is 1. The Labute approximate surface area is 499 Å². The summed E-state index contributed by atoms with van der Waals surface area (Å²) in [4.78, 5) is 71.8. The fourth-order valence-electron chi connectivity index (χ4n) is 11.5. The Hall–Kier alpha value is -9.19. The topological polar surface area (TPSA) is 171 Å². The third-order valence-electron chi connectivity index (χ3n) is 15.6. The van der Waals surface area contributed by atoms with Crippen molar-refractivity contribution in [3.63, 3.8) is 0 Å². The van der Waals surface area contributed by atoms with Crippen LogP contribution in [0.15, 0.2) is 275 Å². The van der Waals surface area contributed by atoms with Gasteiger partial charge in [-0.15, -0.1) is 11.8 Å². The minimum absolute atomic E-state index is 0.0839. The zero-order valence-corrected chi connectivity index (χ0v) is 47.7. The number of fused-ring (bicyclic) bond motifs is 1. The van der Waals surface area contributed by atoms with E-state index in [4.69, 9.17) is 23.8 Å². The van der Waals surface area contributed by atoms with Gasteiger partial charge in [-0.1, -0.05) is 247 Å². The maximum Gasteiger partial charge on any atom is 0.411 e. The van der Waals surface area contributed by atoms with E-state index in [1.807, 2.05) is 212 Å². The van der Waals surface area contributed by atoms with Gasteiger partial charge in [0.1, 0.15) is 29.9 Å². The predicted molar refractivity (Wildman–Crippen MR) is 329 cm³/mol. The minimum atomic E-state index is -1.30. The van der Waals surface area contributed by atoms with Gasteiger partial charge in [0, 0.05) is 34.1 Å². The quantitative estimate of drug-likeness (QED) is 0.0325. The maximum absolute atomic E-state index is 14.5. The summed E-state index contributed by atoms with van der Waals surface area (Å²) >= 11 is 1.45. The lowest BCUT2D eigenvalue weighted by molar-refractivity contribution is -0.157. The van der Waals surface area contributed by atoms with Gasteiger partial charge >= 0.3 is 12.1 Å². The molecule has 0 aromatic heterocycles. The molecule has 2 saturated heterocycles. The van der Waals surface area contributed by atoms with Crippen molar-refractivity contribution in [2.45, 2.75) is 47.7 Å². The monoisotopic (exact) mass is 1160 g/mol. The maximum atomic E-state index is 14.5. The van der Waals surface area contributed by atoms with Crippen LogP contribution in [0.3, 0.4) is 0 Å². The average molecular weight is 1170 g/mol. The summed E-state index contributed by atoms with van der Waals surface area (Å²) in [5, 5.41) is 19.6. The van der Waals surface area contributed by atoms with E-state index in [1.165, 1.54) is 21.6 Å². The molecule has 85 heavy (non-hydrogen) atoms. The van der Waals surface area contributed by atoms with Crippen molar-refractivity contribution < 1.29 is 38.6 Å². The third-order valence-corrected chi connectivity index (χ3v) is 18.2. The molecule has 0 aliphatic carbocycles. The highest BCUT2D eigenvalue weighted by atomic mass is 32.2. The Morgan fingerprint density at radius 2 is 1.12 bits per heavy atom. The standard InChI is InChI=1S/C69H60N6O8S2/c76-59-41-43-74(67(80)81-46-57-63(78)75-58(42-44-84-64(57)75)65(79)82-61(48-25-9-1-10-26-48)49-27-11-2-12-28-49)62(59)71-60(77)45-56-47-85(73-83-69(53-35-19-6-20-36-53,54-37-21-7-22-38-54)55-39-23-8-24-40-55)66(70-56)72-68(50-29-13-3-14-30-50,51-31-15-4-16-32-51)52-33-17-5-18-34-52/h1-40,42,47,57,59,61-62,64,76H,41,43-46H2,(H,70,72)(H,71,77). The molecule has 8 aromatic carbocycles. The number of benzene rings is 8. The summed E-state index contributed by atoms with van der Waals surface area (Å²) < 4.78 is 17.1. The summed E-state index contributed by atoms with van der Waals surface area (Å²) in [6.45, 7) is -0.192. The van der Waals surface area contributed by atoms with Gasteiger partial charge in [-0.2, -0.15) is 0 Å². The van der Waals surface area contributed by atoms with Gasteiger partial charge in [-0.25, -0.2) is 19.4 Å². The number of rotatable bonds is 18. The van der Waals surface area contributed by atoms with E-state index >= 15 is 0 Å². The molecular formula is C69H60N6O8S2. The number of amides is 3. The van der Waals surface area contributed by atoms with Gasteiger partial charge in [-0.3, -0.25) is 19.4 Å². The molecule has 12 rings (SSSR count). The van der Waals surface area contributed by atoms with Gasteiger partial charge in [0.05, 0.1) is 17.9 Å². The number of β-lactam (4-membered cyclic amide) rings is 1. The van der Waals surface area contributed by atoms with Crippen LogP contribution in [0.2, 0.25) is 0 Å². The van der Waals surface area contributed by atoms with Gasteiger partial charge in [-0.05, 0) is 57.0 Å². The Bertz CT molecular complexity index is 3560. The van der Waals surface area contributed by atoms with E-state index in [0.29, 0.717) is 16.6 Å². The molecule has 0 saturated carbocycles. The molecule has 0 bridgehead atoms. The normalized spacial score (nSPS) is 19.8. The molecule has 16 heteroatoms. The zero-order valence-electron chi connectivity index (χ0n) is 46.1. The summed E-state index contributed by atoms with van der Waals surface area (Å²) in [6.07, 6.45) is -2.14. The molecule has 5 atom stereocenters. The fourth-order valence-corrected chi connectivity index (χ4v) is 14.0. The van der Waals surface area contributed by atoms with E-state index in [0.717, 1.165) is 44.5 Å². The van der Waals surface area contributed by atoms with Crippen molar-refractivity contribution in [3.05, 3.63) is 310 Å². The van der Waals surface area contributed by atoms with Crippen molar-refractivity contribution in [1.82, 2.24) is 20.4 Å². The van der Waals surface area contributed by atoms with Crippen molar-refractivity contribution in [1.29, 1.82) is 0 Å². The van der Waals surface area contributed by atoms with Gasteiger partial charge in [0.2, 0.25) is 11.8 Å². The van der Waals surface area contributed by atoms with E-state index in [1.54, 1.807) is 6.08 Å². The van der Waals surface area contributed by atoms with Crippen LogP contribution in [-0.4, -0.2) is 80.5 Å². The highest BCUT2D eigenvalue weighted by Gasteiger charge is 2.53. The SMILES string of the molecule is O=C(CC1=C/S(=N\OC(c2ccccc2)(c2ccccc2)c2ccccc2)C(=NC(c2ccccc2)(c2ccccc2)c2ccccc2)N1)NC1C(O)CCN1C(=O)OCC1C(=O)N2C(C(=O)OC(c3ccccc3)c3ccccc3)=CCSC12. The van der Waals surface area contributed by atoms with Crippen molar-refractivity contribution in [2.24, 2.45) is 15.4 Å². The molecule has 3 N–H and O–H groups in total. The molecule has 4 heterocycles. The second-order valence-electron chi connectivity index (χ2n) is 20.8. The van der Waals surface area contributed by atoms with Crippen LogP contribution in [0.1, 0.15) is 63.5 Å². The number of ether oxygens (including phenoxy) is 2. The lowest BCUT2D eigenvalue weighted by Gasteiger charge is -2.48. The Kier molecular flexibility index (Phi) is 16.8. The Morgan fingerprint density at radius 3 is 1.60 bits per heavy atom. The van der Waals surface area contributed by atoms with Crippen LogP contribution in [0, 0.1) is 5.92 Å². The average Bonchev–Trinajstić information content (AvgIpc) is 3.85. The second-order valence-corrected chi connectivity index (χ2v) is 23.4. The summed E-state index contributed by atoms with van der Waals surface area (Å²) in [7, 11) is -1.30. The van der Waals surface area contributed by atoms with Crippen molar-refractivity contribution >= 4 is 51.5 Å². The number of nitrogens with zero attached hydrogens (tertiary/aromatic N) is 4. The summed E-state index contributed by atoms with van der Waals surface area (Å²) in [5.74, 6) is -1.84. The van der Waals surface area contributed by atoms with Crippen LogP contribution in [-0.2, 0) is 50.5 Å². The van der Waals surface area contributed by atoms with Crippen LogP contribution >= 0.6 is 11.8 Å². The van der Waals surface area contributed by atoms with Crippen LogP contribution < -0.4 is 10.6 Å². The highest BCUT2D eigenvalue weighted by molar-refractivity contribution is 8.05. The first-order valence-electron chi connectivity index (χ1n) is 28.1. The number of aliphatic imine (C=N–C) groups is 1. The van der Waals surface area contributed by atoms with E-state index < -0.39 is 69.5 Å². The molecule has 4 aliphatic rings. The predicted octanol–water partition coefficient (Wildman–Crippen LogP) is 11.3. The highest BCUT2D eigenvalue weighted by Crippen LogP contribution is 2.45. The fraction of sp³-hybridized carbons (Fsp3) is 0.174. The van der Waals surface area contributed by atoms with Crippen molar-refractivity contribution in [3.8, 4) is 0 Å². The number of hydrogen-bond donors (Lipinski definition) is 3.